The van der Waals surface area contributed by atoms with Gasteiger partial charge in [0, 0.05) is 69.2 Å². The molecule has 4 amide bonds. The van der Waals surface area contributed by atoms with Crippen molar-refractivity contribution in [1.82, 2.24) is 9.80 Å². The molecule has 2 fully saturated rings. The minimum Gasteiger partial charge on any atom is -0.479 e. The maximum absolute atomic E-state index is 14.1. The van der Waals surface area contributed by atoms with E-state index in [0.717, 1.165) is 83.5 Å². The summed E-state index contributed by atoms with van der Waals surface area (Å²) in [4.78, 5) is 118. The number of amides is 4. The normalized spacial score (nSPS) is 22.3. The molecule has 518 valence electrons. The highest BCUT2D eigenvalue weighted by Crippen LogP contribution is 2.35. The molecule has 25 heteroatoms. The maximum atomic E-state index is 14.1. The van der Waals surface area contributed by atoms with E-state index in [0.29, 0.717) is 22.5 Å². The van der Waals surface area contributed by atoms with E-state index >= 15 is 0 Å². The molecule has 0 unspecified atom stereocenters. The second-order valence-corrected chi connectivity index (χ2v) is 26.3. The predicted octanol–water partition coefficient (Wildman–Crippen LogP) is 6.91. The molecule has 0 radical (unpaired) electrons. The summed E-state index contributed by atoms with van der Waals surface area (Å²) < 4.78 is 43.7. The number of esters is 4. The Kier molecular flexibility index (Phi) is 24.8. The number of aryl methyl sites for hydroxylation is 4. The number of methoxy groups -OCH3 is 1. The molecule has 2 saturated heterocycles. The first-order chi connectivity index (χ1) is 45.1. The highest BCUT2D eigenvalue weighted by atomic mass is 16.7. The number of urea groups is 2. The number of aliphatic hydroxyl groups excluding tert-OH is 3. The van der Waals surface area contributed by atoms with E-state index in [9.17, 15) is 63.6 Å². The summed E-state index contributed by atoms with van der Waals surface area (Å²) >= 11 is 0. The molecule has 8 rings (SSSR count). The van der Waals surface area contributed by atoms with Crippen LogP contribution in [0.5, 0.6) is 0 Å². The van der Waals surface area contributed by atoms with E-state index < -0.39 is 103 Å². The number of aliphatic carboxylic acids is 1. The van der Waals surface area contributed by atoms with E-state index in [4.69, 9.17) is 37.9 Å². The van der Waals surface area contributed by atoms with Gasteiger partial charge < -0.3 is 78.8 Å². The average Bonchev–Trinajstić information content (AvgIpc) is 0.831. The number of rotatable bonds is 19. The Balaban J connectivity index is 0.000000277. The monoisotopic (exact) mass is 1330 g/mol. The molecule has 4 aromatic rings. The first-order valence-electron chi connectivity index (χ1n) is 31.5. The molecule has 0 saturated carbocycles. The lowest BCUT2D eigenvalue weighted by molar-refractivity contribution is -0.301. The van der Waals surface area contributed by atoms with Gasteiger partial charge in [0.05, 0.1) is 33.4 Å². The van der Waals surface area contributed by atoms with E-state index in [-0.39, 0.29) is 74.6 Å². The van der Waals surface area contributed by atoms with Crippen LogP contribution in [0.25, 0.3) is 12.2 Å². The lowest BCUT2D eigenvalue weighted by Gasteiger charge is -2.43. The summed E-state index contributed by atoms with van der Waals surface area (Å²) in [7, 11) is 1.09. The van der Waals surface area contributed by atoms with Crippen LogP contribution in [-0.4, -0.2) is 192 Å². The van der Waals surface area contributed by atoms with Crippen LogP contribution in [-0.2, 0) is 95.1 Å². The number of Topliss-reactive ketones (excluding diaryl/α,β-unsaturated/α-hetero) is 2. The summed E-state index contributed by atoms with van der Waals surface area (Å²) in [6.07, 6.45) is -12.6. The number of ether oxygens (including phenoxy) is 8. The number of carbonyl (C=O) groups is 9. The minimum atomic E-state index is -1.85. The van der Waals surface area contributed by atoms with Crippen LogP contribution in [0.4, 0.5) is 21.0 Å². The lowest BCUT2D eigenvalue weighted by Crippen LogP contribution is -2.64. The van der Waals surface area contributed by atoms with Crippen LogP contribution in [0, 0.1) is 27.7 Å². The van der Waals surface area contributed by atoms with Crippen LogP contribution in [0.1, 0.15) is 118 Å². The summed E-state index contributed by atoms with van der Waals surface area (Å²) in [6.45, 7) is 22.5. The third-order valence-electron chi connectivity index (χ3n) is 16.5. The number of para-hydroxylation sites is 2. The Morgan fingerprint density at radius 3 is 1.38 bits per heavy atom. The van der Waals surface area contributed by atoms with Crippen LogP contribution in [0.2, 0.25) is 0 Å². The largest absolute Gasteiger partial charge is 0.479 e. The average molecular weight is 1330 g/mol. The van der Waals surface area contributed by atoms with Crippen LogP contribution >= 0.6 is 0 Å². The Bertz CT molecular complexity index is 3660. The number of carboxylic acid groups (broad SMARTS) is 1. The Labute approximate surface area is 558 Å². The molecule has 0 bridgehead atoms. The van der Waals surface area contributed by atoms with Crippen molar-refractivity contribution in [2.45, 2.75) is 175 Å². The highest BCUT2D eigenvalue weighted by Gasteiger charge is 2.55. The SMILES string of the molecule is COC(=O)[C@H]1O[C@@H](OCCN(CC2=Cc3cc(C)cc(C)c3CC2=O)C(=O)Nc2ccccc2C(C)(C)C)[C@H](OC(C)=O)[C@@H](OC(C)=O)[C@@H]1OC(C)=O.Cc1cc(C)c2c(c1)C=C(CN(CCO[C@@H]1O[C@H](C(=O)O)[C@@H](O)[C@H](O)[C@H]1O)C(=O)Nc1ccccc1C(C)(C)C)C(=O)C2. The van der Waals surface area contributed by atoms with Gasteiger partial charge in [0.15, 0.2) is 54.7 Å². The van der Waals surface area contributed by atoms with Gasteiger partial charge in [0.25, 0.3) is 0 Å². The number of benzene rings is 4. The number of fused-ring (bicyclic) bond motifs is 2. The third kappa shape index (κ3) is 18.9. The van der Waals surface area contributed by atoms with Crippen molar-refractivity contribution in [2.75, 3.05) is 57.1 Å². The van der Waals surface area contributed by atoms with Crippen molar-refractivity contribution in [2.24, 2.45) is 0 Å². The first kappa shape index (κ1) is 74.7. The van der Waals surface area contributed by atoms with Crippen LogP contribution in [0.15, 0.2) is 83.9 Å². The highest BCUT2D eigenvalue weighted by molar-refractivity contribution is 6.06. The minimum absolute atomic E-state index is 0.0364. The second-order valence-electron chi connectivity index (χ2n) is 26.3. The molecule has 2 aliphatic carbocycles. The number of aliphatic hydroxyl groups is 3. The van der Waals surface area contributed by atoms with E-state index in [1.807, 2.05) is 130 Å². The van der Waals surface area contributed by atoms with Gasteiger partial charge in [-0.25, -0.2) is 19.2 Å². The quantitative estimate of drug-likeness (QED) is 0.0410. The maximum Gasteiger partial charge on any atom is 0.339 e. The fourth-order valence-corrected chi connectivity index (χ4v) is 11.9. The molecule has 2 aliphatic heterocycles. The van der Waals surface area contributed by atoms with Gasteiger partial charge in [0.2, 0.25) is 0 Å². The summed E-state index contributed by atoms with van der Waals surface area (Å²) in [5.41, 5.74) is 11.1. The van der Waals surface area contributed by atoms with Crippen LogP contribution in [0.3, 0.4) is 0 Å². The zero-order valence-electron chi connectivity index (χ0n) is 56.6. The molecular formula is C71H88N4O21. The number of carbonyl (C=O) groups excluding carboxylic acids is 8. The molecule has 2 heterocycles. The van der Waals surface area contributed by atoms with E-state index in [1.165, 1.54) is 9.80 Å². The van der Waals surface area contributed by atoms with Crippen molar-refractivity contribution in [1.29, 1.82) is 0 Å². The molecule has 10 atom stereocenters. The van der Waals surface area contributed by atoms with Crippen molar-refractivity contribution >= 4 is 77.0 Å². The zero-order chi connectivity index (χ0) is 70.8. The van der Waals surface area contributed by atoms with Crippen LogP contribution < -0.4 is 10.6 Å². The number of hydrogen-bond donors (Lipinski definition) is 6. The standard InChI is InChI=1S/C39H48N2O12.C32H40N2O9/c1-21-16-22(2)28-19-31(45)27(18-26(28)17-21)20-41(38(47)40-30-13-11-10-12-29(30)39(6,7)8)14-15-49-37-35(52-25(5)44)33(51-24(4)43)32(50-23(3)42)34(53-37)36(46)48-9;1-17-12-18(2)21-15-24(35)20(14-19(21)13-17)16-34(31(41)33-23-9-7-6-8-22(23)32(3,4)5)10-11-42-30-27(38)25(36)26(37)28(43-30)29(39)40/h10-13,16-18,32-35,37H,14-15,19-20H2,1-9H3,(H,40,47);6-9,12-14,25-28,30,36-38H,10-11,15-16H2,1-5H3,(H,33,41)(H,39,40)/t32-,33-,34-,35+,37+;25-,26-,27+,28-,30+/m00/s1. The van der Waals surface area contributed by atoms with Crippen molar-refractivity contribution in [3.05, 3.63) is 140 Å². The molecule has 4 aromatic carbocycles. The number of ketones is 2. The second kappa shape index (κ2) is 31.9. The van der Waals surface area contributed by atoms with Gasteiger partial charge in [-0.05, 0) is 107 Å². The lowest BCUT2D eigenvalue weighted by atomic mass is 9.86. The first-order valence-corrected chi connectivity index (χ1v) is 31.5. The molecule has 25 nitrogen and oxygen atoms in total. The number of anilines is 2. The summed E-state index contributed by atoms with van der Waals surface area (Å²) in [5, 5.41) is 45.6. The van der Waals surface area contributed by atoms with Gasteiger partial charge in [-0.2, -0.15) is 0 Å². The van der Waals surface area contributed by atoms with Gasteiger partial charge in [-0.1, -0.05) is 113 Å². The topological polar surface area (TPSA) is 339 Å². The molecule has 0 aromatic heterocycles. The zero-order valence-corrected chi connectivity index (χ0v) is 56.6. The Morgan fingerprint density at radius 1 is 0.552 bits per heavy atom. The molecule has 0 spiro atoms. The number of nitrogens with one attached hydrogen (secondary N) is 2. The number of nitrogens with zero attached hydrogens (tertiary/aromatic N) is 2. The number of hydrogen-bond acceptors (Lipinski definition) is 20. The van der Waals surface area contributed by atoms with Crippen molar-refractivity contribution < 1.29 is 101 Å². The summed E-state index contributed by atoms with van der Waals surface area (Å²) in [6, 6.07) is 21.9. The van der Waals surface area contributed by atoms with Gasteiger partial charge in [0.1, 0.15) is 18.3 Å². The molecule has 6 N–H and O–H groups in total. The van der Waals surface area contributed by atoms with Crippen molar-refractivity contribution in [3.8, 4) is 0 Å². The van der Waals surface area contributed by atoms with E-state index in [2.05, 4.69) is 10.6 Å². The molecule has 4 aliphatic rings. The Morgan fingerprint density at radius 2 is 0.958 bits per heavy atom. The smallest absolute Gasteiger partial charge is 0.339 e. The third-order valence-corrected chi connectivity index (χ3v) is 16.5. The van der Waals surface area contributed by atoms with Gasteiger partial charge in [-0.15, -0.1) is 0 Å². The Hall–Kier alpha value is -8.69. The predicted molar refractivity (Wildman–Crippen MR) is 350 cm³/mol. The molecule has 96 heavy (non-hydrogen) atoms. The van der Waals surface area contributed by atoms with Gasteiger partial charge in [-0.3, -0.25) is 24.0 Å². The van der Waals surface area contributed by atoms with Crippen molar-refractivity contribution in [3.63, 3.8) is 0 Å². The van der Waals surface area contributed by atoms with Gasteiger partial charge >= 0.3 is 41.9 Å². The fourth-order valence-electron chi connectivity index (χ4n) is 11.9. The number of carboxylic acids is 1. The fraction of sp³-hybridized carbons (Fsp3) is 0.479. The molecular weight excluding hydrogens is 1240 g/mol. The summed E-state index contributed by atoms with van der Waals surface area (Å²) in [5.74, 6) is -5.22. The van der Waals surface area contributed by atoms with E-state index in [1.54, 1.807) is 24.3 Å².